The van der Waals surface area contributed by atoms with Gasteiger partial charge in [-0.15, -0.1) is 0 Å². The minimum atomic E-state index is -0.330. The third-order valence-corrected chi connectivity index (χ3v) is 5.27. The topological polar surface area (TPSA) is 67.4 Å². The zero-order valence-corrected chi connectivity index (χ0v) is 14.2. The summed E-state index contributed by atoms with van der Waals surface area (Å²) in [4.78, 5) is 23.7. The Morgan fingerprint density at radius 2 is 1.96 bits per heavy atom. The van der Waals surface area contributed by atoms with Crippen molar-refractivity contribution in [1.82, 2.24) is 10.6 Å². The van der Waals surface area contributed by atoms with Crippen LogP contribution in [0.5, 0.6) is 0 Å². The molecule has 1 saturated heterocycles. The summed E-state index contributed by atoms with van der Waals surface area (Å²) in [6.07, 6.45) is 6.79. The summed E-state index contributed by atoms with van der Waals surface area (Å²) in [5.74, 6) is 0.472. The molecule has 1 aliphatic heterocycles. The Bertz CT molecular complexity index is 571. The molecule has 1 saturated carbocycles. The summed E-state index contributed by atoms with van der Waals surface area (Å²) in [6.45, 7) is 0.615. The molecule has 5 heteroatoms. The highest BCUT2D eigenvalue weighted by Gasteiger charge is 2.37. The first-order chi connectivity index (χ1) is 11.7. The van der Waals surface area contributed by atoms with E-state index >= 15 is 0 Å². The van der Waals surface area contributed by atoms with Gasteiger partial charge in [-0.3, -0.25) is 4.79 Å². The summed E-state index contributed by atoms with van der Waals surface area (Å²) >= 11 is 0. The fourth-order valence-electron chi connectivity index (χ4n) is 3.90. The summed E-state index contributed by atoms with van der Waals surface area (Å²) < 4.78 is 4.68. The van der Waals surface area contributed by atoms with E-state index in [-0.39, 0.29) is 17.9 Å². The van der Waals surface area contributed by atoms with E-state index in [4.69, 9.17) is 0 Å². The molecule has 3 rings (SSSR count). The van der Waals surface area contributed by atoms with Crippen LogP contribution in [0.3, 0.4) is 0 Å². The third-order valence-electron chi connectivity index (χ3n) is 5.27. The summed E-state index contributed by atoms with van der Waals surface area (Å²) in [6, 6.07) is 7.83. The number of carbonyl (C=O) groups excluding carboxylic acids is 2. The maximum absolute atomic E-state index is 12.3. The van der Waals surface area contributed by atoms with E-state index in [0.29, 0.717) is 24.1 Å². The van der Waals surface area contributed by atoms with E-state index in [1.807, 2.05) is 12.1 Å². The van der Waals surface area contributed by atoms with Gasteiger partial charge >= 0.3 is 5.97 Å². The lowest BCUT2D eigenvalue weighted by molar-refractivity contribution is -0.122. The van der Waals surface area contributed by atoms with Crippen LogP contribution in [0, 0.1) is 5.92 Å². The van der Waals surface area contributed by atoms with E-state index < -0.39 is 0 Å². The van der Waals surface area contributed by atoms with Crippen LogP contribution in [-0.2, 0) is 16.0 Å². The van der Waals surface area contributed by atoms with E-state index in [1.54, 1.807) is 12.1 Å². The molecule has 2 fully saturated rings. The molecule has 1 aromatic carbocycles. The van der Waals surface area contributed by atoms with Gasteiger partial charge in [0.15, 0.2) is 0 Å². The van der Waals surface area contributed by atoms with Crippen molar-refractivity contribution in [3.63, 3.8) is 0 Å². The summed E-state index contributed by atoms with van der Waals surface area (Å²) in [5.41, 5.74) is 1.64. The Morgan fingerprint density at radius 3 is 2.67 bits per heavy atom. The van der Waals surface area contributed by atoms with Gasteiger partial charge in [0, 0.05) is 12.6 Å². The quantitative estimate of drug-likeness (QED) is 0.811. The maximum Gasteiger partial charge on any atom is 0.337 e. The van der Waals surface area contributed by atoms with E-state index in [0.717, 1.165) is 18.4 Å². The van der Waals surface area contributed by atoms with Crippen molar-refractivity contribution < 1.29 is 14.3 Å². The van der Waals surface area contributed by atoms with Gasteiger partial charge in [-0.2, -0.15) is 0 Å². The Kier molecular flexibility index (Phi) is 5.51. The SMILES string of the molecule is COC(=O)c1ccc(CCNC(=O)C2CC3CCCCC3N2)cc1. The summed E-state index contributed by atoms with van der Waals surface area (Å²) in [7, 11) is 1.37. The van der Waals surface area contributed by atoms with Crippen molar-refractivity contribution in [2.45, 2.75) is 50.6 Å². The molecule has 0 aromatic heterocycles. The molecule has 5 nitrogen and oxygen atoms in total. The lowest BCUT2D eigenvalue weighted by Gasteiger charge is -2.24. The van der Waals surface area contributed by atoms with Crippen LogP contribution in [0.1, 0.15) is 48.0 Å². The number of fused-ring (bicyclic) bond motifs is 1. The first-order valence-electron chi connectivity index (χ1n) is 8.88. The Hall–Kier alpha value is -1.88. The molecule has 1 heterocycles. The zero-order valence-electron chi connectivity index (χ0n) is 14.2. The number of benzene rings is 1. The molecule has 2 aliphatic rings. The first kappa shape index (κ1) is 17.0. The molecule has 1 aliphatic carbocycles. The van der Waals surface area contributed by atoms with Crippen LogP contribution in [-0.4, -0.2) is 37.6 Å². The molecule has 130 valence electrons. The van der Waals surface area contributed by atoms with Crippen molar-refractivity contribution in [3.8, 4) is 0 Å². The van der Waals surface area contributed by atoms with E-state index in [9.17, 15) is 9.59 Å². The van der Waals surface area contributed by atoms with Crippen LogP contribution >= 0.6 is 0 Å². The smallest absolute Gasteiger partial charge is 0.337 e. The lowest BCUT2D eigenvalue weighted by Crippen LogP contribution is -2.43. The molecule has 1 amide bonds. The third kappa shape index (κ3) is 3.96. The molecule has 2 N–H and O–H groups in total. The van der Waals surface area contributed by atoms with Crippen LogP contribution in [0.2, 0.25) is 0 Å². The van der Waals surface area contributed by atoms with Gasteiger partial charge in [0.1, 0.15) is 0 Å². The van der Waals surface area contributed by atoms with Gasteiger partial charge in [0.05, 0.1) is 18.7 Å². The van der Waals surface area contributed by atoms with Crippen LogP contribution < -0.4 is 10.6 Å². The number of hydrogen-bond acceptors (Lipinski definition) is 4. The Balaban J connectivity index is 1.43. The predicted octanol–water partition coefficient (Wildman–Crippen LogP) is 2.05. The number of methoxy groups -OCH3 is 1. The van der Waals surface area contributed by atoms with Crippen molar-refractivity contribution in [3.05, 3.63) is 35.4 Å². The lowest BCUT2D eigenvalue weighted by atomic mass is 9.85. The van der Waals surface area contributed by atoms with Gasteiger partial charge in [0.2, 0.25) is 5.91 Å². The van der Waals surface area contributed by atoms with E-state index in [1.165, 1.54) is 32.8 Å². The van der Waals surface area contributed by atoms with Gasteiger partial charge in [-0.25, -0.2) is 4.79 Å². The highest BCUT2D eigenvalue weighted by molar-refractivity contribution is 5.89. The fourth-order valence-corrected chi connectivity index (χ4v) is 3.90. The Labute approximate surface area is 143 Å². The zero-order chi connectivity index (χ0) is 16.9. The van der Waals surface area contributed by atoms with Crippen molar-refractivity contribution >= 4 is 11.9 Å². The molecular weight excluding hydrogens is 304 g/mol. The van der Waals surface area contributed by atoms with Gasteiger partial charge in [0.25, 0.3) is 0 Å². The monoisotopic (exact) mass is 330 g/mol. The number of rotatable bonds is 5. The second kappa shape index (κ2) is 7.79. The molecule has 3 unspecified atom stereocenters. The van der Waals surface area contributed by atoms with Crippen LogP contribution in [0.25, 0.3) is 0 Å². The number of hydrogen-bond donors (Lipinski definition) is 2. The van der Waals surface area contributed by atoms with Crippen LogP contribution in [0.4, 0.5) is 0 Å². The molecule has 3 atom stereocenters. The normalized spacial score (nSPS) is 25.8. The minimum Gasteiger partial charge on any atom is -0.465 e. The van der Waals surface area contributed by atoms with E-state index in [2.05, 4.69) is 15.4 Å². The minimum absolute atomic E-state index is 0.0280. The standard InChI is InChI=1S/C19H26N2O3/c1-24-19(23)14-8-6-13(7-9-14)10-11-20-18(22)17-12-15-4-2-3-5-16(15)21-17/h6-9,15-17,21H,2-5,10-12H2,1H3,(H,20,22). The average Bonchev–Trinajstić information content (AvgIpc) is 3.06. The van der Waals surface area contributed by atoms with Crippen molar-refractivity contribution in [2.75, 3.05) is 13.7 Å². The van der Waals surface area contributed by atoms with Gasteiger partial charge in [-0.05, 0) is 49.3 Å². The highest BCUT2D eigenvalue weighted by atomic mass is 16.5. The maximum atomic E-state index is 12.3. The number of esters is 1. The largest absolute Gasteiger partial charge is 0.465 e. The van der Waals surface area contributed by atoms with Gasteiger partial charge < -0.3 is 15.4 Å². The van der Waals surface area contributed by atoms with Crippen LogP contribution in [0.15, 0.2) is 24.3 Å². The van der Waals surface area contributed by atoms with Gasteiger partial charge in [-0.1, -0.05) is 25.0 Å². The fraction of sp³-hybridized carbons (Fsp3) is 0.579. The average molecular weight is 330 g/mol. The number of ether oxygens (including phenoxy) is 1. The molecule has 1 aromatic rings. The van der Waals surface area contributed by atoms with Crippen molar-refractivity contribution in [1.29, 1.82) is 0 Å². The number of carbonyl (C=O) groups is 2. The second-order valence-electron chi connectivity index (χ2n) is 6.84. The Morgan fingerprint density at radius 1 is 1.21 bits per heavy atom. The molecule has 0 bridgehead atoms. The molecule has 0 radical (unpaired) electrons. The number of nitrogens with one attached hydrogen (secondary N) is 2. The molecule has 0 spiro atoms. The first-order valence-corrected chi connectivity index (χ1v) is 8.88. The molecular formula is C19H26N2O3. The number of amides is 1. The molecule has 24 heavy (non-hydrogen) atoms. The predicted molar refractivity (Wildman–Crippen MR) is 91.8 cm³/mol. The highest BCUT2D eigenvalue weighted by Crippen LogP contribution is 2.33. The van der Waals surface area contributed by atoms with Crippen molar-refractivity contribution in [2.24, 2.45) is 5.92 Å². The second-order valence-corrected chi connectivity index (χ2v) is 6.84. The summed E-state index contributed by atoms with van der Waals surface area (Å²) in [5, 5.41) is 6.54.